The second kappa shape index (κ2) is 6.49. The van der Waals surface area contributed by atoms with Gasteiger partial charge in [-0.3, -0.25) is 10.1 Å². The average molecular weight is 308 g/mol. The quantitative estimate of drug-likeness (QED) is 0.603. The number of hydrogen-bond acceptors (Lipinski definition) is 7. The summed E-state index contributed by atoms with van der Waals surface area (Å²) in [7, 11) is 3.24. The van der Waals surface area contributed by atoms with E-state index in [1.165, 1.54) is 19.2 Å². The summed E-state index contributed by atoms with van der Waals surface area (Å²) in [5, 5.41) is 12.2. The van der Waals surface area contributed by atoms with Crippen LogP contribution in [0.25, 0.3) is 0 Å². The number of pyridine rings is 1. The van der Waals surface area contributed by atoms with Gasteiger partial charge in [0.05, 0.1) is 23.6 Å². The number of hydrogen-bond donors (Lipinski definition) is 0. The van der Waals surface area contributed by atoms with E-state index in [2.05, 4.69) is 9.97 Å². The van der Waals surface area contributed by atoms with Gasteiger partial charge in [-0.25, -0.2) is 4.98 Å². The highest BCUT2D eigenvalue weighted by molar-refractivity contribution is 7.11. The lowest BCUT2D eigenvalue weighted by Gasteiger charge is -2.17. The molecule has 0 aliphatic heterocycles. The van der Waals surface area contributed by atoms with Gasteiger partial charge in [0, 0.05) is 30.3 Å². The van der Waals surface area contributed by atoms with Crippen LogP contribution in [0, 0.1) is 10.1 Å². The summed E-state index contributed by atoms with van der Waals surface area (Å²) in [5.74, 6) is 0.631. The summed E-state index contributed by atoms with van der Waals surface area (Å²) in [4.78, 5) is 21.9. The van der Waals surface area contributed by atoms with Crippen LogP contribution in [-0.4, -0.2) is 29.0 Å². The first-order valence-electron chi connectivity index (χ1n) is 6.39. The molecule has 0 N–H and O–H groups in total. The summed E-state index contributed by atoms with van der Waals surface area (Å²) in [5.41, 5.74) is -0.0430. The fraction of sp³-hybridized carbons (Fsp3) is 0.385. The van der Waals surface area contributed by atoms with Crippen molar-refractivity contribution in [2.45, 2.75) is 19.9 Å². The zero-order valence-corrected chi connectivity index (χ0v) is 12.9. The van der Waals surface area contributed by atoms with Gasteiger partial charge in [-0.2, -0.15) is 4.98 Å². The highest BCUT2D eigenvalue weighted by Gasteiger charge is 2.20. The molecule has 0 aliphatic rings. The molecule has 0 radical (unpaired) electrons. The van der Waals surface area contributed by atoms with Crippen molar-refractivity contribution in [2.75, 3.05) is 19.1 Å². The molecular formula is C13H16N4O3S. The number of nitrogens with zero attached hydrogens (tertiary/aromatic N) is 4. The summed E-state index contributed by atoms with van der Waals surface area (Å²) in [6.07, 6.45) is 2.68. The molecule has 8 heteroatoms. The van der Waals surface area contributed by atoms with Crippen LogP contribution in [0.4, 0.5) is 11.5 Å². The maximum atomic E-state index is 11.1. The van der Waals surface area contributed by atoms with Crippen LogP contribution in [0.1, 0.15) is 16.8 Å². The number of thiazole rings is 1. The largest absolute Gasteiger partial charge is 0.481 e. The van der Waals surface area contributed by atoms with Crippen molar-refractivity contribution in [2.24, 2.45) is 0 Å². The molecule has 0 spiro atoms. The first-order valence-corrected chi connectivity index (χ1v) is 7.21. The van der Waals surface area contributed by atoms with Gasteiger partial charge in [0.1, 0.15) is 0 Å². The van der Waals surface area contributed by atoms with Crippen LogP contribution >= 0.6 is 11.3 Å². The van der Waals surface area contributed by atoms with Crippen molar-refractivity contribution in [3.8, 4) is 5.88 Å². The van der Waals surface area contributed by atoms with E-state index in [1.807, 2.05) is 6.92 Å². The Hall–Kier alpha value is -2.22. The van der Waals surface area contributed by atoms with E-state index < -0.39 is 4.92 Å². The van der Waals surface area contributed by atoms with Crippen molar-refractivity contribution >= 4 is 22.8 Å². The molecule has 21 heavy (non-hydrogen) atoms. The first-order chi connectivity index (χ1) is 10.0. The predicted molar refractivity (Wildman–Crippen MR) is 81.0 cm³/mol. The van der Waals surface area contributed by atoms with Crippen molar-refractivity contribution in [1.29, 1.82) is 0 Å². The molecule has 0 amide bonds. The monoisotopic (exact) mass is 308 g/mol. The summed E-state index contributed by atoms with van der Waals surface area (Å²) < 4.78 is 5.04. The Kier molecular flexibility index (Phi) is 4.69. The minimum Gasteiger partial charge on any atom is -0.481 e. The lowest BCUT2D eigenvalue weighted by Crippen LogP contribution is -2.18. The highest BCUT2D eigenvalue weighted by Crippen LogP contribution is 2.29. The molecule has 0 fully saturated rings. The minimum atomic E-state index is -0.442. The van der Waals surface area contributed by atoms with E-state index >= 15 is 0 Å². The number of rotatable bonds is 6. The van der Waals surface area contributed by atoms with Gasteiger partial charge in [-0.15, -0.1) is 11.3 Å². The fourth-order valence-electron chi connectivity index (χ4n) is 1.85. The van der Waals surface area contributed by atoms with Crippen molar-refractivity contribution in [1.82, 2.24) is 9.97 Å². The van der Waals surface area contributed by atoms with Gasteiger partial charge >= 0.3 is 5.69 Å². The molecule has 0 saturated heterocycles. The van der Waals surface area contributed by atoms with Crippen LogP contribution < -0.4 is 9.64 Å². The zero-order valence-electron chi connectivity index (χ0n) is 12.1. The molecule has 0 aliphatic carbocycles. The lowest BCUT2D eigenvalue weighted by atomic mass is 10.3. The van der Waals surface area contributed by atoms with Gasteiger partial charge in [0.25, 0.3) is 0 Å². The molecule has 0 aromatic carbocycles. The number of methoxy groups -OCH3 is 1. The van der Waals surface area contributed by atoms with E-state index in [9.17, 15) is 10.1 Å². The second-order valence-electron chi connectivity index (χ2n) is 4.38. The molecule has 0 unspecified atom stereocenters. The number of aromatic nitrogens is 2. The van der Waals surface area contributed by atoms with Crippen LogP contribution in [0.2, 0.25) is 0 Å². The third-order valence-electron chi connectivity index (χ3n) is 2.89. The van der Waals surface area contributed by atoms with E-state index in [1.54, 1.807) is 29.5 Å². The molecule has 2 aromatic rings. The van der Waals surface area contributed by atoms with Crippen molar-refractivity contribution < 1.29 is 9.66 Å². The van der Waals surface area contributed by atoms with Gasteiger partial charge in [-0.05, 0) is 6.42 Å². The molecule has 0 bridgehead atoms. The molecule has 112 valence electrons. The first kappa shape index (κ1) is 15.2. The maximum absolute atomic E-state index is 11.1. The smallest absolute Gasteiger partial charge is 0.311 e. The fourth-order valence-corrected chi connectivity index (χ4v) is 2.77. The van der Waals surface area contributed by atoms with Gasteiger partial charge in [-0.1, -0.05) is 6.92 Å². The minimum absolute atomic E-state index is 0.0430. The van der Waals surface area contributed by atoms with E-state index in [4.69, 9.17) is 4.74 Å². The number of nitro groups is 1. The Morgan fingerprint density at radius 1 is 1.48 bits per heavy atom. The van der Waals surface area contributed by atoms with Crippen molar-refractivity contribution in [3.63, 3.8) is 0 Å². The maximum Gasteiger partial charge on any atom is 0.311 e. The SMILES string of the molecule is CCc1ncc(CN(C)c2nc(OC)ccc2[N+](=O)[O-])s1. The standard InChI is InChI=1S/C13H16N4O3S/c1-4-12-14-7-9(21-12)8-16(2)13-10(17(18)19)5-6-11(15-13)20-3/h5-7H,4,8H2,1-3H3. The molecule has 2 aromatic heterocycles. The van der Waals surface area contributed by atoms with Crippen LogP contribution in [0.15, 0.2) is 18.3 Å². The molecular weight excluding hydrogens is 292 g/mol. The Morgan fingerprint density at radius 2 is 2.24 bits per heavy atom. The Balaban J connectivity index is 2.28. The van der Waals surface area contributed by atoms with Gasteiger partial charge in [0.2, 0.25) is 11.7 Å². The number of aryl methyl sites for hydroxylation is 1. The van der Waals surface area contributed by atoms with Crippen LogP contribution in [0.5, 0.6) is 5.88 Å². The molecule has 0 atom stereocenters. The third-order valence-corrected chi connectivity index (χ3v) is 4.02. The second-order valence-corrected chi connectivity index (χ2v) is 5.58. The normalized spacial score (nSPS) is 10.4. The van der Waals surface area contributed by atoms with Gasteiger partial charge in [0.15, 0.2) is 0 Å². The summed E-state index contributed by atoms with van der Waals surface area (Å²) in [6.45, 7) is 2.56. The van der Waals surface area contributed by atoms with Gasteiger partial charge < -0.3 is 9.64 Å². The van der Waals surface area contributed by atoms with E-state index in [0.717, 1.165) is 16.3 Å². The van der Waals surface area contributed by atoms with E-state index in [0.29, 0.717) is 12.4 Å². The Labute approximate surface area is 126 Å². The molecule has 7 nitrogen and oxygen atoms in total. The summed E-state index contributed by atoms with van der Waals surface area (Å²) in [6, 6.07) is 2.89. The zero-order chi connectivity index (χ0) is 15.4. The molecule has 0 saturated carbocycles. The predicted octanol–water partition coefficient (Wildman–Crippen LogP) is 2.65. The highest BCUT2D eigenvalue weighted by atomic mass is 32.1. The van der Waals surface area contributed by atoms with Crippen molar-refractivity contribution in [3.05, 3.63) is 38.3 Å². The summed E-state index contributed by atoms with van der Waals surface area (Å²) >= 11 is 1.60. The topological polar surface area (TPSA) is 81.4 Å². The van der Waals surface area contributed by atoms with E-state index in [-0.39, 0.29) is 11.5 Å². The Bertz CT molecular complexity index is 644. The molecule has 2 rings (SSSR count). The number of anilines is 1. The lowest BCUT2D eigenvalue weighted by molar-refractivity contribution is -0.384. The molecule has 2 heterocycles. The van der Waals surface area contributed by atoms with Crippen LogP contribution in [-0.2, 0) is 13.0 Å². The third kappa shape index (κ3) is 3.46. The number of ether oxygens (including phenoxy) is 1. The Morgan fingerprint density at radius 3 is 2.81 bits per heavy atom. The van der Waals surface area contributed by atoms with Crippen LogP contribution in [0.3, 0.4) is 0 Å². The average Bonchev–Trinajstić information content (AvgIpc) is 2.94.